The van der Waals surface area contributed by atoms with Gasteiger partial charge in [-0.15, -0.1) is 11.3 Å². The third kappa shape index (κ3) is 3.26. The van der Waals surface area contributed by atoms with Crippen molar-refractivity contribution in [1.29, 1.82) is 0 Å². The van der Waals surface area contributed by atoms with E-state index in [-0.39, 0.29) is 4.21 Å². The molecule has 0 fully saturated rings. The summed E-state index contributed by atoms with van der Waals surface area (Å²) < 4.78 is 29.8. The van der Waals surface area contributed by atoms with E-state index >= 15 is 0 Å². The molecule has 0 aliphatic rings. The van der Waals surface area contributed by atoms with Gasteiger partial charge < -0.3 is 0 Å². The molecule has 0 aliphatic heterocycles. The van der Waals surface area contributed by atoms with Crippen molar-refractivity contribution in [3.05, 3.63) is 84.2 Å². The van der Waals surface area contributed by atoms with Gasteiger partial charge in [-0.2, -0.15) is 5.10 Å². The summed E-state index contributed by atoms with van der Waals surface area (Å²) in [7, 11) is -3.66. The van der Waals surface area contributed by atoms with Gasteiger partial charge in [0.25, 0.3) is 10.0 Å². The van der Waals surface area contributed by atoms with Crippen LogP contribution >= 0.6 is 11.3 Å². The van der Waals surface area contributed by atoms with Crippen LogP contribution in [0.2, 0.25) is 0 Å². The predicted molar refractivity (Wildman–Crippen MR) is 104 cm³/mol. The van der Waals surface area contributed by atoms with Crippen LogP contribution in [0.3, 0.4) is 0 Å². The topological polar surface area (TPSA) is 64.0 Å². The summed E-state index contributed by atoms with van der Waals surface area (Å²) in [6, 6.07) is 24.1. The van der Waals surface area contributed by atoms with Crippen LogP contribution in [0.5, 0.6) is 0 Å². The number of nitrogens with one attached hydrogen (secondary N) is 1. The predicted octanol–water partition coefficient (Wildman–Crippen LogP) is 4.40. The van der Waals surface area contributed by atoms with Crippen LogP contribution in [-0.2, 0) is 10.0 Å². The average molecular weight is 381 g/mol. The molecule has 130 valence electrons. The molecule has 0 saturated carbocycles. The SMILES string of the molecule is O=S(=O)(Nc1cc(-c2ccccc2)nn1-c1ccccc1)c1cccs1. The number of nitrogens with zero attached hydrogens (tertiary/aromatic N) is 2. The van der Waals surface area contributed by atoms with Gasteiger partial charge in [-0.05, 0) is 23.6 Å². The molecule has 0 radical (unpaired) electrons. The largest absolute Gasteiger partial charge is 0.272 e. The Balaban J connectivity index is 1.81. The first kappa shape index (κ1) is 16.6. The number of sulfonamides is 1. The van der Waals surface area contributed by atoms with E-state index in [0.29, 0.717) is 11.5 Å². The maximum Gasteiger partial charge on any atom is 0.272 e. The number of anilines is 1. The summed E-state index contributed by atoms with van der Waals surface area (Å²) >= 11 is 1.17. The third-order valence-corrected chi connectivity index (χ3v) is 6.53. The van der Waals surface area contributed by atoms with Crippen molar-refractivity contribution in [2.24, 2.45) is 0 Å². The highest BCUT2D eigenvalue weighted by molar-refractivity contribution is 7.94. The lowest BCUT2D eigenvalue weighted by Crippen LogP contribution is -2.14. The Hall–Kier alpha value is -2.90. The first-order valence-corrected chi connectivity index (χ1v) is 10.3. The number of hydrogen-bond acceptors (Lipinski definition) is 4. The minimum absolute atomic E-state index is 0.263. The highest BCUT2D eigenvalue weighted by Gasteiger charge is 2.20. The van der Waals surface area contributed by atoms with Gasteiger partial charge in [0.1, 0.15) is 10.0 Å². The van der Waals surface area contributed by atoms with E-state index in [4.69, 9.17) is 0 Å². The van der Waals surface area contributed by atoms with Gasteiger partial charge in [0.15, 0.2) is 0 Å². The molecular formula is C19H15N3O2S2. The molecule has 2 heterocycles. The zero-order chi connectivity index (χ0) is 18.0. The van der Waals surface area contributed by atoms with Gasteiger partial charge in [0.05, 0.1) is 11.4 Å². The number of hydrogen-bond donors (Lipinski definition) is 1. The van der Waals surface area contributed by atoms with E-state index in [2.05, 4.69) is 9.82 Å². The van der Waals surface area contributed by atoms with Crippen molar-refractivity contribution in [3.8, 4) is 16.9 Å². The van der Waals surface area contributed by atoms with E-state index in [1.54, 1.807) is 28.3 Å². The van der Waals surface area contributed by atoms with Gasteiger partial charge in [0.2, 0.25) is 0 Å². The van der Waals surface area contributed by atoms with E-state index in [1.807, 2.05) is 60.7 Å². The molecule has 5 nitrogen and oxygen atoms in total. The number of rotatable bonds is 5. The van der Waals surface area contributed by atoms with Crippen LogP contribution in [0.1, 0.15) is 0 Å². The highest BCUT2D eigenvalue weighted by atomic mass is 32.2. The van der Waals surface area contributed by atoms with Crippen LogP contribution < -0.4 is 4.72 Å². The Morgan fingerprint density at radius 3 is 2.23 bits per heavy atom. The molecule has 0 saturated heterocycles. The molecule has 4 rings (SSSR count). The zero-order valence-electron chi connectivity index (χ0n) is 13.6. The fraction of sp³-hybridized carbons (Fsp3) is 0. The molecule has 0 aliphatic carbocycles. The summed E-state index contributed by atoms with van der Waals surface area (Å²) in [4.78, 5) is 0. The van der Waals surface area contributed by atoms with Gasteiger partial charge >= 0.3 is 0 Å². The Labute approximate surface area is 155 Å². The monoisotopic (exact) mass is 381 g/mol. The standard InChI is InChI=1S/C19H15N3O2S2/c23-26(24,19-12-7-13-25-19)21-18-14-17(15-8-3-1-4-9-15)20-22(18)16-10-5-2-6-11-16/h1-14,21H. The molecule has 7 heteroatoms. The Kier molecular flexibility index (Phi) is 4.32. The van der Waals surface area contributed by atoms with Gasteiger partial charge in [0, 0.05) is 11.6 Å². The second-order valence-electron chi connectivity index (χ2n) is 5.57. The molecule has 0 amide bonds. The Bertz CT molecular complexity index is 1100. The smallest absolute Gasteiger partial charge is 0.263 e. The normalized spacial score (nSPS) is 11.4. The highest BCUT2D eigenvalue weighted by Crippen LogP contribution is 2.27. The lowest BCUT2D eigenvalue weighted by molar-refractivity contribution is 0.602. The lowest BCUT2D eigenvalue weighted by atomic mass is 10.2. The molecule has 0 unspecified atom stereocenters. The lowest BCUT2D eigenvalue weighted by Gasteiger charge is -2.09. The number of para-hydroxylation sites is 1. The first-order chi connectivity index (χ1) is 12.6. The molecule has 2 aromatic heterocycles. The summed E-state index contributed by atoms with van der Waals surface area (Å²) in [6.45, 7) is 0. The van der Waals surface area contributed by atoms with Crippen molar-refractivity contribution in [2.75, 3.05) is 4.72 Å². The van der Waals surface area contributed by atoms with E-state index < -0.39 is 10.0 Å². The second kappa shape index (κ2) is 6.78. The maximum atomic E-state index is 12.7. The van der Waals surface area contributed by atoms with Crippen LogP contribution in [0, 0.1) is 0 Å². The average Bonchev–Trinajstić information content (AvgIpc) is 3.33. The van der Waals surface area contributed by atoms with E-state index in [9.17, 15) is 8.42 Å². The Morgan fingerprint density at radius 2 is 1.58 bits per heavy atom. The fourth-order valence-electron chi connectivity index (χ4n) is 2.57. The van der Waals surface area contributed by atoms with Crippen molar-refractivity contribution in [1.82, 2.24) is 9.78 Å². The van der Waals surface area contributed by atoms with Crippen LogP contribution in [0.25, 0.3) is 16.9 Å². The maximum absolute atomic E-state index is 12.7. The summed E-state index contributed by atoms with van der Waals surface area (Å²) in [6.07, 6.45) is 0. The molecule has 0 spiro atoms. The summed E-state index contributed by atoms with van der Waals surface area (Å²) in [5.41, 5.74) is 2.38. The molecule has 1 N–H and O–H groups in total. The van der Waals surface area contributed by atoms with Crippen LogP contribution in [-0.4, -0.2) is 18.2 Å². The minimum Gasteiger partial charge on any atom is -0.263 e. The Morgan fingerprint density at radius 1 is 0.885 bits per heavy atom. The van der Waals surface area contributed by atoms with Crippen LogP contribution in [0.4, 0.5) is 5.82 Å². The van der Waals surface area contributed by atoms with Gasteiger partial charge in [-0.25, -0.2) is 13.1 Å². The summed E-state index contributed by atoms with van der Waals surface area (Å²) in [5, 5.41) is 6.34. The minimum atomic E-state index is -3.66. The molecule has 0 atom stereocenters. The first-order valence-electron chi connectivity index (χ1n) is 7.91. The van der Waals surface area contributed by atoms with E-state index in [0.717, 1.165) is 11.3 Å². The molecule has 4 aromatic rings. The number of benzene rings is 2. The van der Waals surface area contributed by atoms with Crippen molar-refractivity contribution in [2.45, 2.75) is 4.21 Å². The fourth-order valence-corrected chi connectivity index (χ4v) is 4.60. The number of thiophene rings is 1. The summed E-state index contributed by atoms with van der Waals surface area (Å²) in [5.74, 6) is 0.392. The molecule has 2 aromatic carbocycles. The number of aromatic nitrogens is 2. The van der Waals surface area contributed by atoms with Gasteiger partial charge in [-0.3, -0.25) is 4.72 Å². The third-order valence-electron chi connectivity index (χ3n) is 3.78. The second-order valence-corrected chi connectivity index (χ2v) is 8.42. The van der Waals surface area contributed by atoms with Crippen molar-refractivity contribution < 1.29 is 8.42 Å². The van der Waals surface area contributed by atoms with Crippen molar-refractivity contribution >= 4 is 27.2 Å². The molecule has 26 heavy (non-hydrogen) atoms. The van der Waals surface area contributed by atoms with Crippen molar-refractivity contribution in [3.63, 3.8) is 0 Å². The van der Waals surface area contributed by atoms with Crippen LogP contribution in [0.15, 0.2) is 88.5 Å². The zero-order valence-corrected chi connectivity index (χ0v) is 15.2. The van der Waals surface area contributed by atoms with E-state index in [1.165, 1.54) is 11.3 Å². The molecular weight excluding hydrogens is 366 g/mol. The quantitative estimate of drug-likeness (QED) is 0.557. The molecule has 0 bridgehead atoms. The van der Waals surface area contributed by atoms with Gasteiger partial charge in [-0.1, -0.05) is 54.6 Å².